The van der Waals surface area contributed by atoms with Crippen LogP contribution in [0, 0.1) is 11.3 Å². The highest BCUT2D eigenvalue weighted by molar-refractivity contribution is 5.40. The van der Waals surface area contributed by atoms with E-state index in [1.54, 1.807) is 0 Å². The maximum Gasteiger partial charge on any atom is 0.128 e. The molecule has 1 saturated heterocycles. The molecule has 0 amide bonds. The molecule has 3 nitrogen and oxygen atoms in total. The lowest BCUT2D eigenvalue weighted by Crippen LogP contribution is -2.26. The van der Waals surface area contributed by atoms with Gasteiger partial charge in [0, 0.05) is 19.3 Å². The second-order valence-electron chi connectivity index (χ2n) is 6.36. The van der Waals surface area contributed by atoms with E-state index in [0.717, 1.165) is 31.2 Å². The molecule has 1 aromatic heterocycles. The molecule has 0 aliphatic carbocycles. The van der Waals surface area contributed by atoms with Crippen LogP contribution in [0.4, 0.5) is 5.82 Å². The highest BCUT2D eigenvalue weighted by atomic mass is 15.2. The molecule has 0 bridgehead atoms. The van der Waals surface area contributed by atoms with Gasteiger partial charge in [-0.05, 0) is 42.3 Å². The second-order valence-corrected chi connectivity index (χ2v) is 6.36. The third-order valence-corrected chi connectivity index (χ3v) is 3.98. The number of aromatic nitrogens is 1. The van der Waals surface area contributed by atoms with Gasteiger partial charge < -0.3 is 10.6 Å². The van der Waals surface area contributed by atoms with Crippen LogP contribution in [0.15, 0.2) is 18.3 Å². The summed E-state index contributed by atoms with van der Waals surface area (Å²) in [4.78, 5) is 6.97. The third kappa shape index (κ3) is 3.02. The molecule has 100 valence electrons. The molecule has 1 aromatic rings. The summed E-state index contributed by atoms with van der Waals surface area (Å²) in [5, 5.41) is 0. The number of nitrogens with two attached hydrogens (primary N) is 1. The zero-order valence-corrected chi connectivity index (χ0v) is 11.8. The minimum Gasteiger partial charge on any atom is -0.356 e. The Hall–Kier alpha value is -1.09. The van der Waals surface area contributed by atoms with Crippen LogP contribution < -0.4 is 10.6 Å². The number of pyridine rings is 1. The van der Waals surface area contributed by atoms with Crippen LogP contribution in [0.2, 0.25) is 0 Å². The number of rotatable bonds is 3. The first-order valence-corrected chi connectivity index (χ1v) is 6.90. The lowest BCUT2D eigenvalue weighted by molar-refractivity contribution is 0.263. The summed E-state index contributed by atoms with van der Waals surface area (Å²) in [6.45, 7) is 9.95. The van der Waals surface area contributed by atoms with Gasteiger partial charge in [-0.25, -0.2) is 4.98 Å². The van der Waals surface area contributed by atoms with Gasteiger partial charge in [-0.3, -0.25) is 0 Å². The highest BCUT2D eigenvalue weighted by Crippen LogP contribution is 2.34. The molecule has 2 rings (SSSR count). The van der Waals surface area contributed by atoms with Gasteiger partial charge in [0.2, 0.25) is 0 Å². The first kappa shape index (κ1) is 13.3. The van der Waals surface area contributed by atoms with Gasteiger partial charge in [-0.1, -0.05) is 26.8 Å². The van der Waals surface area contributed by atoms with E-state index in [2.05, 4.69) is 42.8 Å². The maximum absolute atomic E-state index is 5.55. The van der Waals surface area contributed by atoms with E-state index in [0.29, 0.717) is 12.0 Å². The Morgan fingerprint density at radius 2 is 2.17 bits per heavy atom. The summed E-state index contributed by atoms with van der Waals surface area (Å²) in [7, 11) is 0. The van der Waals surface area contributed by atoms with Gasteiger partial charge in [0.15, 0.2) is 0 Å². The van der Waals surface area contributed by atoms with Crippen molar-refractivity contribution in [3.63, 3.8) is 0 Å². The van der Waals surface area contributed by atoms with Crippen LogP contribution >= 0.6 is 0 Å². The Labute approximate surface area is 110 Å². The van der Waals surface area contributed by atoms with E-state index < -0.39 is 0 Å². The predicted molar refractivity (Wildman–Crippen MR) is 76.8 cm³/mol. The number of nitrogens with zero attached hydrogens (tertiary/aromatic N) is 2. The van der Waals surface area contributed by atoms with Crippen molar-refractivity contribution in [2.45, 2.75) is 33.6 Å². The summed E-state index contributed by atoms with van der Waals surface area (Å²) >= 11 is 0. The largest absolute Gasteiger partial charge is 0.356 e. The van der Waals surface area contributed by atoms with Gasteiger partial charge in [-0.15, -0.1) is 0 Å². The van der Waals surface area contributed by atoms with Crippen molar-refractivity contribution >= 4 is 5.82 Å². The van der Waals surface area contributed by atoms with E-state index in [9.17, 15) is 0 Å². The van der Waals surface area contributed by atoms with Crippen molar-refractivity contribution in [2.24, 2.45) is 17.1 Å². The molecule has 2 heterocycles. The molecule has 1 fully saturated rings. The number of hydrogen-bond acceptors (Lipinski definition) is 3. The van der Waals surface area contributed by atoms with Crippen molar-refractivity contribution in [3.8, 4) is 0 Å². The average molecular weight is 247 g/mol. The van der Waals surface area contributed by atoms with Gasteiger partial charge in [0.05, 0.1) is 0 Å². The molecular weight excluding hydrogens is 222 g/mol. The van der Waals surface area contributed by atoms with E-state index in [4.69, 9.17) is 5.73 Å². The SMILES string of the molecule is CC(C)(C)C1CCN(c2ccc(CCN)cn2)C1. The first-order chi connectivity index (χ1) is 8.50. The fourth-order valence-corrected chi connectivity index (χ4v) is 2.59. The summed E-state index contributed by atoms with van der Waals surface area (Å²) < 4.78 is 0. The molecule has 0 aromatic carbocycles. The summed E-state index contributed by atoms with van der Waals surface area (Å²) in [6, 6.07) is 4.29. The summed E-state index contributed by atoms with van der Waals surface area (Å²) in [6.07, 6.45) is 4.15. The van der Waals surface area contributed by atoms with Crippen molar-refractivity contribution in [1.29, 1.82) is 0 Å². The zero-order valence-electron chi connectivity index (χ0n) is 11.8. The number of anilines is 1. The van der Waals surface area contributed by atoms with Crippen LogP contribution in [0.1, 0.15) is 32.8 Å². The molecule has 1 unspecified atom stereocenters. The van der Waals surface area contributed by atoms with Crippen molar-refractivity contribution in [3.05, 3.63) is 23.9 Å². The Morgan fingerprint density at radius 1 is 1.39 bits per heavy atom. The van der Waals surface area contributed by atoms with Crippen LogP contribution in [0.3, 0.4) is 0 Å². The molecule has 1 atom stereocenters. The minimum absolute atomic E-state index is 0.397. The van der Waals surface area contributed by atoms with Crippen molar-refractivity contribution in [1.82, 2.24) is 4.98 Å². The average Bonchev–Trinajstić information content (AvgIpc) is 2.79. The number of hydrogen-bond donors (Lipinski definition) is 1. The Morgan fingerprint density at radius 3 is 2.67 bits per heavy atom. The van der Waals surface area contributed by atoms with E-state index >= 15 is 0 Å². The molecule has 3 heteroatoms. The molecule has 0 saturated carbocycles. The monoisotopic (exact) mass is 247 g/mol. The van der Waals surface area contributed by atoms with Gasteiger partial charge in [-0.2, -0.15) is 0 Å². The predicted octanol–water partition coefficient (Wildman–Crippen LogP) is 2.46. The smallest absolute Gasteiger partial charge is 0.128 e. The quantitative estimate of drug-likeness (QED) is 0.892. The third-order valence-electron chi connectivity index (χ3n) is 3.98. The Balaban J connectivity index is 2.01. The zero-order chi connectivity index (χ0) is 13.2. The van der Waals surface area contributed by atoms with E-state index in [-0.39, 0.29) is 0 Å². The highest BCUT2D eigenvalue weighted by Gasteiger charge is 2.32. The minimum atomic E-state index is 0.397. The van der Waals surface area contributed by atoms with Crippen LogP contribution in [-0.2, 0) is 6.42 Å². The Kier molecular flexibility index (Phi) is 3.91. The Bertz CT molecular complexity index is 378. The molecule has 1 aliphatic heterocycles. The lowest BCUT2D eigenvalue weighted by atomic mass is 9.80. The molecule has 0 radical (unpaired) electrons. The first-order valence-electron chi connectivity index (χ1n) is 6.90. The summed E-state index contributed by atoms with van der Waals surface area (Å²) in [5.74, 6) is 1.88. The van der Waals surface area contributed by atoms with Crippen molar-refractivity contribution in [2.75, 3.05) is 24.5 Å². The van der Waals surface area contributed by atoms with Crippen LogP contribution in [0.5, 0.6) is 0 Å². The molecule has 18 heavy (non-hydrogen) atoms. The topological polar surface area (TPSA) is 42.1 Å². The van der Waals surface area contributed by atoms with Gasteiger partial charge >= 0.3 is 0 Å². The van der Waals surface area contributed by atoms with E-state index in [1.165, 1.54) is 12.0 Å². The standard InChI is InChI=1S/C15H25N3/c1-15(2,3)13-7-9-18(11-13)14-5-4-12(6-8-16)10-17-14/h4-5,10,13H,6-9,11,16H2,1-3H3. The van der Waals surface area contributed by atoms with E-state index in [1.807, 2.05) is 6.20 Å². The maximum atomic E-state index is 5.55. The fourth-order valence-electron chi connectivity index (χ4n) is 2.59. The second kappa shape index (κ2) is 5.27. The molecule has 0 spiro atoms. The summed E-state index contributed by atoms with van der Waals surface area (Å²) in [5.41, 5.74) is 7.18. The van der Waals surface area contributed by atoms with Gasteiger partial charge in [0.1, 0.15) is 5.82 Å². The molecule has 2 N–H and O–H groups in total. The fraction of sp³-hybridized carbons (Fsp3) is 0.667. The van der Waals surface area contributed by atoms with Crippen molar-refractivity contribution < 1.29 is 0 Å². The normalized spacial score (nSPS) is 20.4. The van der Waals surface area contributed by atoms with Crippen LogP contribution in [0.25, 0.3) is 0 Å². The lowest BCUT2D eigenvalue weighted by Gasteiger charge is -2.27. The molecule has 1 aliphatic rings. The van der Waals surface area contributed by atoms with Crippen LogP contribution in [-0.4, -0.2) is 24.6 Å². The van der Waals surface area contributed by atoms with Gasteiger partial charge in [0.25, 0.3) is 0 Å². The molecular formula is C15H25N3.